The average Bonchev–Trinajstić information content (AvgIpc) is 2.10. The van der Waals surface area contributed by atoms with Gasteiger partial charge >= 0.3 is 0 Å². The van der Waals surface area contributed by atoms with E-state index in [1.807, 2.05) is 0 Å². The van der Waals surface area contributed by atoms with E-state index in [4.69, 9.17) is 15.2 Å². The molecule has 80 valence electrons. The standard InChI is InChI=1S/C10H23NO2/c1-9(2)5-4-6-13-10(7-11)8-12-3/h9-10H,4-8,11H2,1-3H3. The van der Waals surface area contributed by atoms with Crippen molar-refractivity contribution in [1.82, 2.24) is 0 Å². The summed E-state index contributed by atoms with van der Waals surface area (Å²) in [6.45, 7) is 6.36. The van der Waals surface area contributed by atoms with Gasteiger partial charge in [-0.1, -0.05) is 13.8 Å². The molecule has 0 aliphatic rings. The van der Waals surface area contributed by atoms with E-state index >= 15 is 0 Å². The average molecular weight is 189 g/mol. The van der Waals surface area contributed by atoms with Crippen molar-refractivity contribution in [2.75, 3.05) is 26.9 Å². The summed E-state index contributed by atoms with van der Waals surface area (Å²) in [6, 6.07) is 0. The molecule has 0 aliphatic heterocycles. The Kier molecular flexibility index (Phi) is 8.40. The third-order valence-corrected chi connectivity index (χ3v) is 1.89. The Morgan fingerprint density at radius 1 is 1.31 bits per heavy atom. The fourth-order valence-corrected chi connectivity index (χ4v) is 1.11. The summed E-state index contributed by atoms with van der Waals surface area (Å²) in [5, 5.41) is 0. The zero-order valence-corrected chi connectivity index (χ0v) is 9.08. The number of methoxy groups -OCH3 is 1. The molecule has 1 atom stereocenters. The lowest BCUT2D eigenvalue weighted by atomic mass is 10.1. The van der Waals surface area contributed by atoms with Gasteiger partial charge in [-0.3, -0.25) is 0 Å². The normalized spacial score (nSPS) is 13.6. The monoisotopic (exact) mass is 189 g/mol. The van der Waals surface area contributed by atoms with Crippen LogP contribution in [0.4, 0.5) is 0 Å². The van der Waals surface area contributed by atoms with Crippen LogP contribution in [0.25, 0.3) is 0 Å². The van der Waals surface area contributed by atoms with Crippen LogP contribution in [0.1, 0.15) is 26.7 Å². The van der Waals surface area contributed by atoms with Gasteiger partial charge in [0.2, 0.25) is 0 Å². The van der Waals surface area contributed by atoms with Gasteiger partial charge in [0.1, 0.15) is 0 Å². The molecule has 1 unspecified atom stereocenters. The fourth-order valence-electron chi connectivity index (χ4n) is 1.11. The first-order valence-corrected chi connectivity index (χ1v) is 5.01. The van der Waals surface area contributed by atoms with Crippen molar-refractivity contribution in [2.45, 2.75) is 32.8 Å². The second kappa shape index (κ2) is 8.48. The summed E-state index contributed by atoms with van der Waals surface area (Å²) < 4.78 is 10.5. The van der Waals surface area contributed by atoms with E-state index in [9.17, 15) is 0 Å². The minimum absolute atomic E-state index is 0.0668. The molecule has 3 heteroatoms. The molecule has 0 bridgehead atoms. The Morgan fingerprint density at radius 2 is 2.00 bits per heavy atom. The molecule has 0 fully saturated rings. The van der Waals surface area contributed by atoms with Gasteiger partial charge in [-0.15, -0.1) is 0 Å². The summed E-state index contributed by atoms with van der Waals surface area (Å²) in [4.78, 5) is 0. The van der Waals surface area contributed by atoms with Crippen molar-refractivity contribution in [3.05, 3.63) is 0 Å². The number of hydrogen-bond acceptors (Lipinski definition) is 3. The molecule has 0 radical (unpaired) electrons. The molecule has 0 aromatic carbocycles. The van der Waals surface area contributed by atoms with Crippen LogP contribution in [0.3, 0.4) is 0 Å². The van der Waals surface area contributed by atoms with Gasteiger partial charge in [0.05, 0.1) is 12.7 Å². The van der Waals surface area contributed by atoms with Crippen molar-refractivity contribution in [1.29, 1.82) is 0 Å². The zero-order valence-electron chi connectivity index (χ0n) is 9.08. The van der Waals surface area contributed by atoms with E-state index in [1.165, 1.54) is 6.42 Å². The maximum Gasteiger partial charge on any atom is 0.0930 e. The number of hydrogen-bond donors (Lipinski definition) is 1. The van der Waals surface area contributed by atoms with Crippen LogP contribution >= 0.6 is 0 Å². The highest BCUT2D eigenvalue weighted by Crippen LogP contribution is 2.04. The highest BCUT2D eigenvalue weighted by molar-refractivity contribution is 4.56. The maximum atomic E-state index is 5.53. The molecule has 0 amide bonds. The summed E-state index contributed by atoms with van der Waals surface area (Å²) in [5.41, 5.74) is 5.50. The Bertz CT molecular complexity index is 107. The highest BCUT2D eigenvalue weighted by Gasteiger charge is 2.05. The molecule has 0 spiro atoms. The molecule has 13 heavy (non-hydrogen) atoms. The Hall–Kier alpha value is -0.120. The molecule has 3 nitrogen and oxygen atoms in total. The predicted molar refractivity (Wildman–Crippen MR) is 54.7 cm³/mol. The molecule has 0 aromatic heterocycles. The summed E-state index contributed by atoms with van der Waals surface area (Å²) in [5.74, 6) is 0.752. The van der Waals surface area contributed by atoms with Crippen LogP contribution in [-0.2, 0) is 9.47 Å². The SMILES string of the molecule is COCC(CN)OCCCC(C)C. The molecule has 0 saturated carbocycles. The van der Waals surface area contributed by atoms with Crippen molar-refractivity contribution < 1.29 is 9.47 Å². The first-order valence-electron chi connectivity index (χ1n) is 5.01. The third kappa shape index (κ3) is 8.22. The number of rotatable bonds is 8. The van der Waals surface area contributed by atoms with Gasteiger partial charge < -0.3 is 15.2 Å². The van der Waals surface area contributed by atoms with Crippen molar-refractivity contribution >= 4 is 0 Å². The summed E-state index contributed by atoms with van der Waals surface area (Å²) in [6.07, 6.45) is 2.39. The summed E-state index contributed by atoms with van der Waals surface area (Å²) in [7, 11) is 1.67. The predicted octanol–water partition coefficient (Wildman–Crippen LogP) is 1.41. The number of ether oxygens (including phenoxy) is 2. The molecule has 0 saturated heterocycles. The lowest BCUT2D eigenvalue weighted by Crippen LogP contribution is -2.28. The minimum Gasteiger partial charge on any atom is -0.382 e. The Balaban J connectivity index is 3.27. The second-order valence-electron chi connectivity index (χ2n) is 3.72. The lowest BCUT2D eigenvalue weighted by molar-refractivity contribution is 0.00149. The van der Waals surface area contributed by atoms with Crippen molar-refractivity contribution in [3.63, 3.8) is 0 Å². The first kappa shape index (κ1) is 12.9. The van der Waals surface area contributed by atoms with Gasteiger partial charge in [0.25, 0.3) is 0 Å². The molecule has 0 heterocycles. The second-order valence-corrected chi connectivity index (χ2v) is 3.72. The van der Waals surface area contributed by atoms with Crippen LogP contribution < -0.4 is 5.73 Å². The van der Waals surface area contributed by atoms with E-state index in [0.29, 0.717) is 13.2 Å². The minimum atomic E-state index is 0.0668. The maximum absolute atomic E-state index is 5.53. The van der Waals surface area contributed by atoms with Crippen molar-refractivity contribution in [2.24, 2.45) is 11.7 Å². The quantitative estimate of drug-likeness (QED) is 0.587. The molecule has 0 rings (SSSR count). The van der Waals surface area contributed by atoms with Crippen LogP contribution in [0.2, 0.25) is 0 Å². The van der Waals surface area contributed by atoms with Gasteiger partial charge in [0, 0.05) is 20.3 Å². The van der Waals surface area contributed by atoms with Gasteiger partial charge in [-0.2, -0.15) is 0 Å². The first-order chi connectivity index (χ1) is 6.20. The Labute approximate surface area is 81.6 Å². The van der Waals surface area contributed by atoms with Crippen LogP contribution in [0.5, 0.6) is 0 Å². The van der Waals surface area contributed by atoms with Crippen LogP contribution in [0, 0.1) is 5.92 Å². The molecular formula is C10H23NO2. The fraction of sp³-hybridized carbons (Fsp3) is 1.00. The highest BCUT2D eigenvalue weighted by atomic mass is 16.5. The Morgan fingerprint density at radius 3 is 2.46 bits per heavy atom. The van der Waals surface area contributed by atoms with E-state index in [-0.39, 0.29) is 6.10 Å². The molecule has 2 N–H and O–H groups in total. The summed E-state index contributed by atoms with van der Waals surface area (Å²) >= 11 is 0. The van der Waals surface area contributed by atoms with E-state index in [1.54, 1.807) is 7.11 Å². The van der Waals surface area contributed by atoms with Crippen LogP contribution in [-0.4, -0.2) is 33.0 Å². The van der Waals surface area contributed by atoms with E-state index in [2.05, 4.69) is 13.8 Å². The van der Waals surface area contributed by atoms with Gasteiger partial charge in [-0.25, -0.2) is 0 Å². The number of nitrogens with two attached hydrogens (primary N) is 1. The third-order valence-electron chi connectivity index (χ3n) is 1.89. The topological polar surface area (TPSA) is 44.5 Å². The van der Waals surface area contributed by atoms with E-state index < -0.39 is 0 Å². The van der Waals surface area contributed by atoms with Crippen LogP contribution in [0.15, 0.2) is 0 Å². The largest absolute Gasteiger partial charge is 0.382 e. The molecular weight excluding hydrogens is 166 g/mol. The molecule has 0 aliphatic carbocycles. The zero-order chi connectivity index (χ0) is 10.1. The van der Waals surface area contributed by atoms with E-state index in [0.717, 1.165) is 18.9 Å². The van der Waals surface area contributed by atoms with Crippen molar-refractivity contribution in [3.8, 4) is 0 Å². The smallest absolute Gasteiger partial charge is 0.0930 e. The molecule has 0 aromatic rings. The van der Waals surface area contributed by atoms with Gasteiger partial charge in [-0.05, 0) is 18.8 Å². The van der Waals surface area contributed by atoms with Gasteiger partial charge in [0.15, 0.2) is 0 Å². The lowest BCUT2D eigenvalue weighted by Gasteiger charge is -2.15.